The number of hydrogen-bond acceptors (Lipinski definition) is 4. The van der Waals surface area contributed by atoms with E-state index in [2.05, 4.69) is 9.97 Å². The highest BCUT2D eigenvalue weighted by Crippen LogP contribution is 2.31. The van der Waals surface area contributed by atoms with Crippen LogP contribution in [-0.4, -0.2) is 9.97 Å². The first-order valence-corrected chi connectivity index (χ1v) is 9.57. The lowest BCUT2D eigenvalue weighted by Gasteiger charge is -2.11. The van der Waals surface area contributed by atoms with E-state index in [1.165, 1.54) is 17.8 Å². The van der Waals surface area contributed by atoms with Crippen molar-refractivity contribution in [2.75, 3.05) is 0 Å². The normalized spacial score (nSPS) is 11.0. The van der Waals surface area contributed by atoms with Gasteiger partial charge in [-0.2, -0.15) is 4.98 Å². The third-order valence-corrected chi connectivity index (χ3v) is 4.87. The van der Waals surface area contributed by atoms with Crippen molar-refractivity contribution in [3.63, 3.8) is 0 Å². The average Bonchev–Trinajstić information content (AvgIpc) is 2.63. The molecular weight excluding hydrogens is 371 g/mol. The summed E-state index contributed by atoms with van der Waals surface area (Å²) < 4.78 is 19.7. The number of halogens is 2. The Hall–Kier alpha value is -2.11. The van der Waals surface area contributed by atoms with Crippen molar-refractivity contribution in [1.82, 2.24) is 9.97 Å². The molecule has 0 aliphatic carbocycles. The van der Waals surface area contributed by atoms with Crippen LogP contribution in [0.2, 0.25) is 5.02 Å². The fraction of sp³-hybridized carbons (Fsp3) is 0.200. The topological polar surface area (TPSA) is 35.0 Å². The summed E-state index contributed by atoms with van der Waals surface area (Å²) in [4.78, 5) is 9.00. The van der Waals surface area contributed by atoms with Crippen molar-refractivity contribution in [1.29, 1.82) is 0 Å². The van der Waals surface area contributed by atoms with Crippen molar-refractivity contribution in [2.24, 2.45) is 0 Å². The second kappa shape index (κ2) is 8.52. The molecule has 1 aromatic heterocycles. The monoisotopic (exact) mass is 388 g/mol. The van der Waals surface area contributed by atoms with E-state index in [1.54, 1.807) is 30.3 Å². The van der Waals surface area contributed by atoms with Gasteiger partial charge in [-0.3, -0.25) is 0 Å². The van der Waals surface area contributed by atoms with Crippen LogP contribution in [0.5, 0.6) is 11.6 Å². The van der Waals surface area contributed by atoms with Gasteiger partial charge in [0.25, 0.3) is 0 Å². The van der Waals surface area contributed by atoms with E-state index in [4.69, 9.17) is 16.3 Å². The van der Waals surface area contributed by atoms with Gasteiger partial charge in [-0.15, -0.1) is 0 Å². The summed E-state index contributed by atoms with van der Waals surface area (Å²) in [5.41, 5.74) is 1.47. The minimum atomic E-state index is -0.229. The Morgan fingerprint density at radius 3 is 2.54 bits per heavy atom. The van der Waals surface area contributed by atoms with E-state index >= 15 is 0 Å². The number of para-hydroxylation sites is 1. The van der Waals surface area contributed by atoms with Crippen molar-refractivity contribution in [2.45, 2.75) is 30.7 Å². The van der Waals surface area contributed by atoms with Crippen LogP contribution in [0.1, 0.15) is 31.0 Å². The number of ether oxygens (including phenoxy) is 1. The summed E-state index contributed by atoms with van der Waals surface area (Å²) in [5, 5.41) is 1.05. The molecule has 0 N–H and O–H groups in total. The van der Waals surface area contributed by atoms with Crippen molar-refractivity contribution in [3.8, 4) is 11.6 Å². The second-order valence-corrected chi connectivity index (χ2v) is 7.33. The van der Waals surface area contributed by atoms with Crippen molar-refractivity contribution < 1.29 is 9.13 Å². The summed E-state index contributed by atoms with van der Waals surface area (Å²) in [6, 6.07) is 15.7. The Bertz CT molecular complexity index is 904. The molecule has 0 saturated heterocycles. The van der Waals surface area contributed by atoms with Gasteiger partial charge in [-0.1, -0.05) is 67.5 Å². The van der Waals surface area contributed by atoms with Crippen molar-refractivity contribution in [3.05, 3.63) is 76.7 Å². The highest BCUT2D eigenvalue weighted by atomic mass is 35.5. The number of benzene rings is 2. The number of rotatable bonds is 6. The smallest absolute Gasteiger partial charge is 0.223 e. The highest BCUT2D eigenvalue weighted by Gasteiger charge is 2.12. The van der Waals surface area contributed by atoms with E-state index in [0.717, 1.165) is 5.69 Å². The Morgan fingerprint density at radius 2 is 1.81 bits per heavy atom. The van der Waals surface area contributed by atoms with E-state index in [0.29, 0.717) is 33.1 Å². The molecule has 0 unspecified atom stereocenters. The summed E-state index contributed by atoms with van der Waals surface area (Å²) in [7, 11) is 0. The van der Waals surface area contributed by atoms with Crippen LogP contribution in [0.4, 0.5) is 4.39 Å². The largest absolute Gasteiger partial charge is 0.437 e. The number of nitrogens with zero attached hydrogens (tertiary/aromatic N) is 2. The first kappa shape index (κ1) is 18.7. The van der Waals surface area contributed by atoms with Crippen LogP contribution in [0, 0.1) is 5.82 Å². The molecule has 1 heterocycles. The van der Waals surface area contributed by atoms with Gasteiger partial charge in [0.05, 0.1) is 10.7 Å². The van der Waals surface area contributed by atoms with Crippen LogP contribution in [-0.2, 0) is 5.75 Å². The molecule has 3 aromatic rings. The van der Waals surface area contributed by atoms with E-state index < -0.39 is 0 Å². The van der Waals surface area contributed by atoms with Gasteiger partial charge in [0.2, 0.25) is 5.88 Å². The van der Waals surface area contributed by atoms with E-state index in [9.17, 15) is 4.39 Å². The molecule has 26 heavy (non-hydrogen) atoms. The SMILES string of the molecule is CC(C)c1cc(Oc2ccccc2Cl)nc(SCc2ccccc2F)n1. The Balaban J connectivity index is 1.84. The number of thioether (sulfide) groups is 1. The van der Waals surface area contributed by atoms with Gasteiger partial charge in [-0.25, -0.2) is 9.37 Å². The Kier molecular flexibility index (Phi) is 6.12. The summed E-state index contributed by atoms with van der Waals surface area (Å²) in [6.45, 7) is 4.10. The molecule has 0 bridgehead atoms. The zero-order valence-electron chi connectivity index (χ0n) is 14.4. The Labute approximate surface area is 161 Å². The molecule has 0 aliphatic heterocycles. The maximum Gasteiger partial charge on any atom is 0.223 e. The second-order valence-electron chi connectivity index (χ2n) is 5.98. The van der Waals surface area contributed by atoms with Gasteiger partial charge in [-0.05, 0) is 29.7 Å². The lowest BCUT2D eigenvalue weighted by Crippen LogP contribution is -2.00. The van der Waals surface area contributed by atoms with Gasteiger partial charge < -0.3 is 4.74 Å². The van der Waals surface area contributed by atoms with Crippen LogP contribution < -0.4 is 4.74 Å². The van der Waals surface area contributed by atoms with Gasteiger partial charge in [0.1, 0.15) is 11.6 Å². The molecule has 0 atom stereocenters. The molecule has 134 valence electrons. The van der Waals surface area contributed by atoms with E-state index in [-0.39, 0.29) is 11.7 Å². The summed E-state index contributed by atoms with van der Waals surface area (Å²) in [6.07, 6.45) is 0. The fourth-order valence-electron chi connectivity index (χ4n) is 2.23. The lowest BCUT2D eigenvalue weighted by atomic mass is 10.1. The average molecular weight is 389 g/mol. The molecule has 0 radical (unpaired) electrons. The molecule has 0 saturated carbocycles. The molecule has 0 aliphatic rings. The standard InChI is InChI=1S/C20H18ClFN2OS/c1-13(2)17-11-19(25-18-10-6-4-8-15(18)21)24-20(23-17)26-12-14-7-3-5-9-16(14)22/h3-11,13H,12H2,1-2H3. The third kappa shape index (κ3) is 4.74. The van der Waals surface area contributed by atoms with Crippen LogP contribution in [0.3, 0.4) is 0 Å². The highest BCUT2D eigenvalue weighted by molar-refractivity contribution is 7.98. The zero-order chi connectivity index (χ0) is 18.5. The van der Waals surface area contributed by atoms with Gasteiger partial charge in [0.15, 0.2) is 5.16 Å². The quantitative estimate of drug-likeness (QED) is 0.357. The number of hydrogen-bond donors (Lipinski definition) is 0. The van der Waals surface area contributed by atoms with Gasteiger partial charge >= 0.3 is 0 Å². The summed E-state index contributed by atoms with van der Waals surface area (Å²) >= 11 is 7.53. The molecule has 2 aromatic carbocycles. The van der Waals surface area contributed by atoms with Crippen LogP contribution >= 0.6 is 23.4 Å². The third-order valence-electron chi connectivity index (χ3n) is 3.66. The van der Waals surface area contributed by atoms with Gasteiger partial charge in [0, 0.05) is 11.8 Å². The van der Waals surface area contributed by atoms with Crippen LogP contribution in [0.15, 0.2) is 59.8 Å². The fourth-order valence-corrected chi connectivity index (χ4v) is 3.25. The molecule has 6 heteroatoms. The predicted octanol–water partition coefficient (Wildman–Crippen LogP) is 6.48. The number of aromatic nitrogens is 2. The maximum absolute atomic E-state index is 13.8. The molecule has 0 fully saturated rings. The van der Waals surface area contributed by atoms with Crippen LogP contribution in [0.25, 0.3) is 0 Å². The maximum atomic E-state index is 13.8. The Morgan fingerprint density at radius 1 is 1.08 bits per heavy atom. The van der Waals surface area contributed by atoms with E-state index in [1.807, 2.05) is 32.0 Å². The lowest BCUT2D eigenvalue weighted by molar-refractivity contribution is 0.453. The zero-order valence-corrected chi connectivity index (χ0v) is 16.0. The first-order chi connectivity index (χ1) is 12.5. The molecule has 3 rings (SSSR count). The molecule has 0 amide bonds. The molecule has 0 spiro atoms. The molecule has 3 nitrogen and oxygen atoms in total. The molecular formula is C20H18ClFN2OS. The summed E-state index contributed by atoms with van der Waals surface area (Å²) in [5.74, 6) is 1.38. The van der Waals surface area contributed by atoms with Crippen molar-refractivity contribution >= 4 is 23.4 Å². The minimum Gasteiger partial charge on any atom is -0.437 e. The minimum absolute atomic E-state index is 0.208. The predicted molar refractivity (Wildman–Crippen MR) is 104 cm³/mol. The first-order valence-electron chi connectivity index (χ1n) is 8.20.